The monoisotopic (exact) mass is 358 g/mol. The Labute approximate surface area is 159 Å². The van der Waals surface area contributed by atoms with Gasteiger partial charge in [0.15, 0.2) is 0 Å². The maximum atomic E-state index is 5.82. The van der Waals surface area contributed by atoms with E-state index in [0.29, 0.717) is 6.61 Å². The molecule has 4 heteroatoms. The highest BCUT2D eigenvalue weighted by molar-refractivity contribution is 6.05. The van der Waals surface area contributed by atoms with E-state index in [4.69, 9.17) is 9.47 Å². The molecular formula is C23H22N2O2. The highest BCUT2D eigenvalue weighted by atomic mass is 16.5. The summed E-state index contributed by atoms with van der Waals surface area (Å²) in [5.74, 6) is 1.74. The van der Waals surface area contributed by atoms with Gasteiger partial charge in [0, 0.05) is 5.56 Å². The summed E-state index contributed by atoms with van der Waals surface area (Å²) in [7, 11) is 1.69. The number of nitrogens with zero attached hydrogens (tertiary/aromatic N) is 1. The van der Waals surface area contributed by atoms with Gasteiger partial charge in [-0.15, -0.1) is 0 Å². The first-order valence-corrected chi connectivity index (χ1v) is 9.08. The molecule has 0 saturated heterocycles. The number of anilines is 1. The van der Waals surface area contributed by atoms with Crippen molar-refractivity contribution in [1.29, 1.82) is 0 Å². The summed E-state index contributed by atoms with van der Waals surface area (Å²) in [5.41, 5.74) is 8.83. The average Bonchev–Trinajstić information content (AvgIpc) is 3.14. The molecule has 3 aromatic carbocycles. The summed E-state index contributed by atoms with van der Waals surface area (Å²) < 4.78 is 11.1. The van der Waals surface area contributed by atoms with E-state index in [0.717, 1.165) is 41.3 Å². The highest BCUT2D eigenvalue weighted by Gasteiger charge is 2.18. The third-order valence-corrected chi connectivity index (χ3v) is 4.68. The van der Waals surface area contributed by atoms with Crippen LogP contribution in [0, 0.1) is 0 Å². The van der Waals surface area contributed by atoms with Crippen molar-refractivity contribution in [2.75, 3.05) is 12.5 Å². The first kappa shape index (κ1) is 17.2. The number of ether oxygens (including phenoxy) is 2. The molecule has 0 bridgehead atoms. The van der Waals surface area contributed by atoms with Gasteiger partial charge in [-0.05, 0) is 66.4 Å². The zero-order valence-electron chi connectivity index (χ0n) is 15.3. The molecule has 1 N–H and O–H groups in total. The minimum absolute atomic E-state index is 0.566. The van der Waals surface area contributed by atoms with Crippen LogP contribution in [0.1, 0.15) is 23.1 Å². The van der Waals surface area contributed by atoms with Gasteiger partial charge in [0.2, 0.25) is 0 Å². The fourth-order valence-electron chi connectivity index (χ4n) is 3.19. The maximum absolute atomic E-state index is 5.82. The summed E-state index contributed by atoms with van der Waals surface area (Å²) >= 11 is 0. The number of nitrogens with one attached hydrogen (secondary N) is 1. The fraction of sp³-hybridized carbons (Fsp3) is 0.174. The van der Waals surface area contributed by atoms with Crippen molar-refractivity contribution in [3.8, 4) is 11.5 Å². The smallest absolute Gasteiger partial charge is 0.119 e. The van der Waals surface area contributed by atoms with Crippen molar-refractivity contribution in [1.82, 2.24) is 0 Å². The Morgan fingerprint density at radius 3 is 2.44 bits per heavy atom. The molecule has 0 atom stereocenters. The van der Waals surface area contributed by atoms with Crippen LogP contribution in [0.3, 0.4) is 0 Å². The Morgan fingerprint density at radius 2 is 1.67 bits per heavy atom. The van der Waals surface area contributed by atoms with Gasteiger partial charge in [-0.2, -0.15) is 5.10 Å². The second-order valence-corrected chi connectivity index (χ2v) is 6.49. The van der Waals surface area contributed by atoms with E-state index in [1.165, 1.54) is 11.1 Å². The largest absolute Gasteiger partial charge is 0.497 e. The average molecular weight is 358 g/mol. The summed E-state index contributed by atoms with van der Waals surface area (Å²) in [6, 6.07) is 24.2. The first-order chi connectivity index (χ1) is 13.3. The molecule has 4 rings (SSSR count). The van der Waals surface area contributed by atoms with Crippen LogP contribution >= 0.6 is 0 Å². The molecule has 0 spiro atoms. The molecule has 1 aliphatic rings. The summed E-state index contributed by atoms with van der Waals surface area (Å²) in [5, 5.41) is 4.60. The van der Waals surface area contributed by atoms with Crippen LogP contribution in [0.25, 0.3) is 0 Å². The number of hydrogen-bond acceptors (Lipinski definition) is 4. The molecular weight excluding hydrogens is 336 g/mol. The summed E-state index contributed by atoms with van der Waals surface area (Å²) in [6.45, 7) is 0.566. The highest BCUT2D eigenvalue weighted by Crippen LogP contribution is 2.27. The SMILES string of the molecule is COc1ccc2c(c1)CC/C2=N\Nc1ccc(OCc2ccccc2)cc1. The van der Waals surface area contributed by atoms with E-state index in [-0.39, 0.29) is 0 Å². The molecule has 0 radical (unpaired) electrons. The first-order valence-electron chi connectivity index (χ1n) is 9.08. The predicted molar refractivity (Wildman–Crippen MR) is 109 cm³/mol. The number of aryl methyl sites for hydroxylation is 1. The van der Waals surface area contributed by atoms with Crippen molar-refractivity contribution in [3.05, 3.63) is 89.5 Å². The Kier molecular flexibility index (Phi) is 5.06. The van der Waals surface area contributed by atoms with Crippen LogP contribution in [0.15, 0.2) is 77.9 Å². The lowest BCUT2D eigenvalue weighted by molar-refractivity contribution is 0.306. The van der Waals surface area contributed by atoms with Gasteiger partial charge in [-0.3, -0.25) is 5.43 Å². The van der Waals surface area contributed by atoms with Crippen LogP contribution in [-0.2, 0) is 13.0 Å². The van der Waals surface area contributed by atoms with E-state index in [1.54, 1.807) is 7.11 Å². The van der Waals surface area contributed by atoms with Gasteiger partial charge >= 0.3 is 0 Å². The topological polar surface area (TPSA) is 42.8 Å². The van der Waals surface area contributed by atoms with Crippen LogP contribution in [-0.4, -0.2) is 12.8 Å². The van der Waals surface area contributed by atoms with Crippen LogP contribution in [0.5, 0.6) is 11.5 Å². The van der Waals surface area contributed by atoms with Crippen LogP contribution in [0.4, 0.5) is 5.69 Å². The van der Waals surface area contributed by atoms with Crippen molar-refractivity contribution < 1.29 is 9.47 Å². The molecule has 0 saturated carbocycles. The molecule has 0 amide bonds. The third-order valence-electron chi connectivity index (χ3n) is 4.68. The molecule has 0 aliphatic heterocycles. The van der Waals surface area contributed by atoms with Crippen molar-refractivity contribution in [2.24, 2.45) is 5.10 Å². The minimum Gasteiger partial charge on any atom is -0.497 e. The van der Waals surface area contributed by atoms with Crippen molar-refractivity contribution in [2.45, 2.75) is 19.4 Å². The van der Waals surface area contributed by atoms with Gasteiger partial charge < -0.3 is 9.47 Å². The van der Waals surface area contributed by atoms with Gasteiger partial charge in [-0.25, -0.2) is 0 Å². The van der Waals surface area contributed by atoms with Crippen molar-refractivity contribution >= 4 is 11.4 Å². The number of hydrogen-bond donors (Lipinski definition) is 1. The number of rotatable bonds is 6. The molecule has 27 heavy (non-hydrogen) atoms. The van der Waals surface area contributed by atoms with Crippen LogP contribution < -0.4 is 14.9 Å². The molecule has 0 unspecified atom stereocenters. The summed E-state index contributed by atoms with van der Waals surface area (Å²) in [6.07, 6.45) is 1.94. The molecule has 0 fully saturated rings. The molecule has 3 aromatic rings. The Bertz CT molecular complexity index is 934. The quantitative estimate of drug-likeness (QED) is 0.628. The number of fused-ring (bicyclic) bond motifs is 1. The third kappa shape index (κ3) is 4.11. The van der Waals surface area contributed by atoms with E-state index < -0.39 is 0 Å². The zero-order chi connectivity index (χ0) is 18.5. The number of methoxy groups -OCH3 is 1. The lowest BCUT2D eigenvalue weighted by atomic mass is 10.1. The minimum atomic E-state index is 0.566. The molecule has 4 nitrogen and oxygen atoms in total. The standard InChI is InChI=1S/C23H22N2O2/c1-26-21-12-13-22-18(15-21)7-14-23(22)25-24-19-8-10-20(11-9-19)27-16-17-5-3-2-4-6-17/h2-6,8-13,15,24H,7,14,16H2,1H3/b25-23+. The molecule has 136 valence electrons. The number of benzene rings is 3. The van der Waals surface area contributed by atoms with Crippen molar-refractivity contribution in [3.63, 3.8) is 0 Å². The van der Waals surface area contributed by atoms with E-state index in [9.17, 15) is 0 Å². The second kappa shape index (κ2) is 7.96. The molecule has 0 heterocycles. The predicted octanol–water partition coefficient (Wildman–Crippen LogP) is 5.04. The lowest BCUT2D eigenvalue weighted by Gasteiger charge is -2.08. The van der Waals surface area contributed by atoms with E-state index >= 15 is 0 Å². The lowest BCUT2D eigenvalue weighted by Crippen LogP contribution is -2.00. The summed E-state index contributed by atoms with van der Waals surface area (Å²) in [4.78, 5) is 0. The fourth-order valence-corrected chi connectivity index (χ4v) is 3.19. The van der Waals surface area contributed by atoms with Crippen LogP contribution in [0.2, 0.25) is 0 Å². The number of hydrazone groups is 1. The van der Waals surface area contributed by atoms with Gasteiger partial charge in [0.25, 0.3) is 0 Å². The Hall–Kier alpha value is -3.27. The normalized spacial score (nSPS) is 14.0. The van der Waals surface area contributed by atoms with E-state index in [1.807, 2.05) is 48.5 Å². The zero-order valence-corrected chi connectivity index (χ0v) is 15.3. The van der Waals surface area contributed by atoms with Gasteiger partial charge in [0.1, 0.15) is 18.1 Å². The van der Waals surface area contributed by atoms with E-state index in [2.05, 4.69) is 34.8 Å². The Balaban J connectivity index is 1.38. The van der Waals surface area contributed by atoms with Gasteiger partial charge in [-0.1, -0.05) is 30.3 Å². The Morgan fingerprint density at radius 1 is 0.889 bits per heavy atom. The second-order valence-electron chi connectivity index (χ2n) is 6.49. The maximum Gasteiger partial charge on any atom is 0.119 e. The van der Waals surface area contributed by atoms with Gasteiger partial charge in [0.05, 0.1) is 18.5 Å². The molecule has 1 aliphatic carbocycles. The molecule has 0 aromatic heterocycles.